The molecule has 2 saturated heterocycles. The second kappa shape index (κ2) is 9.39. The second-order valence-corrected chi connectivity index (χ2v) is 14.4. The standard InChI is InChI=1S/C30H44ClN3O4/c1-6-26(35)37-25-13-20-19(8-7-18-11-23(33-34-32)22(31)14-28(18,20)4)21-12-24-27(29(21,25)5)17(3)30(38-24)10-9-16(2)15-36-30/h12,16-20,22-25,27H,6-11,13-15H2,1-5H3/t16-,17-,18-,19+,20-,22-,23+,24-,25-,27-,28-,29+,30+/m0/s1. The van der Waals surface area contributed by atoms with Gasteiger partial charge >= 0.3 is 5.97 Å². The van der Waals surface area contributed by atoms with Crippen LogP contribution in [0.2, 0.25) is 0 Å². The van der Waals surface area contributed by atoms with E-state index in [1.807, 2.05) is 6.92 Å². The largest absolute Gasteiger partial charge is 0.461 e. The lowest BCUT2D eigenvalue weighted by atomic mass is 9.44. The molecule has 6 rings (SSSR count). The minimum Gasteiger partial charge on any atom is -0.461 e. The van der Waals surface area contributed by atoms with Gasteiger partial charge < -0.3 is 14.2 Å². The molecule has 0 radical (unpaired) electrons. The number of alkyl halides is 1. The molecule has 38 heavy (non-hydrogen) atoms. The summed E-state index contributed by atoms with van der Waals surface area (Å²) in [4.78, 5) is 15.9. The van der Waals surface area contributed by atoms with Crippen LogP contribution in [0.25, 0.3) is 10.4 Å². The van der Waals surface area contributed by atoms with E-state index < -0.39 is 5.79 Å². The lowest BCUT2D eigenvalue weighted by Crippen LogP contribution is -2.59. The van der Waals surface area contributed by atoms with Gasteiger partial charge in [-0.25, -0.2) is 0 Å². The summed E-state index contributed by atoms with van der Waals surface area (Å²) in [6, 6.07) is -0.146. The van der Waals surface area contributed by atoms with Crippen molar-refractivity contribution < 1.29 is 19.0 Å². The third-order valence-corrected chi connectivity index (χ3v) is 12.6. The number of fused-ring (bicyclic) bond motifs is 7. The SMILES string of the molecule is CCC(=O)O[C@H]1C[C@H]2[C@@H](CC[C@H]3C[C@@H](N=[N+]=[N-])[C@@H](Cl)C[C@@]32C)C2=C[C@@H]3O[C@]4(CC[C@H](C)CO4)[C@@H](C)[C@@H]3[C@]21C. The Morgan fingerprint density at radius 2 is 2.05 bits per heavy atom. The van der Waals surface area contributed by atoms with Crippen molar-refractivity contribution in [2.24, 2.45) is 51.5 Å². The fourth-order valence-corrected chi connectivity index (χ4v) is 10.5. The molecule has 5 fully saturated rings. The number of carbonyl (C=O) groups excluding carboxylic acids is 1. The van der Waals surface area contributed by atoms with Crippen LogP contribution in [-0.4, -0.2) is 42.0 Å². The van der Waals surface area contributed by atoms with Gasteiger partial charge in [0.25, 0.3) is 0 Å². The third-order valence-electron chi connectivity index (χ3n) is 12.1. The maximum Gasteiger partial charge on any atom is 0.305 e. The first-order valence-electron chi connectivity index (χ1n) is 15.0. The molecule has 0 unspecified atom stereocenters. The number of nitrogens with zero attached hydrogens (tertiary/aromatic N) is 3. The summed E-state index contributed by atoms with van der Waals surface area (Å²) < 4.78 is 19.7. The highest BCUT2D eigenvalue weighted by Crippen LogP contribution is 2.70. The van der Waals surface area contributed by atoms with Gasteiger partial charge in [0.05, 0.1) is 18.8 Å². The molecule has 210 valence electrons. The molecule has 0 bridgehead atoms. The molecule has 4 aliphatic carbocycles. The Labute approximate surface area is 232 Å². The minimum absolute atomic E-state index is 0.00742. The van der Waals surface area contributed by atoms with Gasteiger partial charge in [0, 0.05) is 40.4 Å². The summed E-state index contributed by atoms with van der Waals surface area (Å²) in [5, 5.41) is 3.89. The van der Waals surface area contributed by atoms with Crippen LogP contribution in [-0.2, 0) is 19.0 Å². The molecule has 0 aromatic heterocycles. The Bertz CT molecular complexity index is 1050. The maximum absolute atomic E-state index is 12.8. The molecular weight excluding hydrogens is 502 g/mol. The summed E-state index contributed by atoms with van der Waals surface area (Å²) >= 11 is 6.88. The maximum atomic E-state index is 12.8. The lowest BCUT2D eigenvalue weighted by molar-refractivity contribution is -0.265. The zero-order valence-corrected chi connectivity index (χ0v) is 24.3. The molecule has 8 heteroatoms. The third kappa shape index (κ3) is 3.74. The highest BCUT2D eigenvalue weighted by molar-refractivity contribution is 6.21. The number of hydrogen-bond donors (Lipinski definition) is 0. The van der Waals surface area contributed by atoms with Gasteiger partial charge in [-0.2, -0.15) is 0 Å². The average molecular weight is 546 g/mol. The monoisotopic (exact) mass is 545 g/mol. The van der Waals surface area contributed by atoms with Gasteiger partial charge in [-0.1, -0.05) is 51.4 Å². The van der Waals surface area contributed by atoms with Gasteiger partial charge in [-0.3, -0.25) is 4.79 Å². The van der Waals surface area contributed by atoms with Crippen LogP contribution in [0.15, 0.2) is 16.8 Å². The predicted octanol–water partition coefficient (Wildman–Crippen LogP) is 7.18. The van der Waals surface area contributed by atoms with E-state index in [4.69, 9.17) is 31.3 Å². The molecule has 0 N–H and O–H groups in total. The van der Waals surface area contributed by atoms with E-state index in [1.54, 1.807) is 0 Å². The van der Waals surface area contributed by atoms with Crippen LogP contribution >= 0.6 is 11.6 Å². The number of carbonyl (C=O) groups is 1. The Morgan fingerprint density at radius 1 is 1.26 bits per heavy atom. The van der Waals surface area contributed by atoms with E-state index in [1.165, 1.54) is 5.57 Å². The molecule has 0 aromatic carbocycles. The topological polar surface area (TPSA) is 93.5 Å². The lowest BCUT2D eigenvalue weighted by Gasteiger charge is -2.62. The first kappa shape index (κ1) is 26.9. The van der Waals surface area contributed by atoms with Crippen molar-refractivity contribution in [2.45, 2.75) is 115 Å². The zero-order chi connectivity index (χ0) is 27.0. The summed E-state index contributed by atoms with van der Waals surface area (Å²) in [6.07, 6.45) is 9.40. The van der Waals surface area contributed by atoms with Gasteiger partial charge in [-0.05, 0) is 73.1 Å². The van der Waals surface area contributed by atoms with E-state index in [9.17, 15) is 4.79 Å². The normalized spacial score (nSPS) is 53.2. The molecule has 6 aliphatic rings. The average Bonchev–Trinajstić information content (AvgIpc) is 3.33. The molecular formula is C30H44ClN3O4. The summed E-state index contributed by atoms with van der Waals surface area (Å²) in [5.41, 5.74) is 10.3. The van der Waals surface area contributed by atoms with Gasteiger partial charge in [0.1, 0.15) is 6.10 Å². The molecule has 7 nitrogen and oxygen atoms in total. The van der Waals surface area contributed by atoms with Gasteiger partial charge in [-0.15, -0.1) is 11.6 Å². The second-order valence-electron chi connectivity index (χ2n) is 13.9. The van der Waals surface area contributed by atoms with Crippen molar-refractivity contribution in [1.29, 1.82) is 0 Å². The number of hydrogen-bond acceptors (Lipinski definition) is 5. The van der Waals surface area contributed by atoms with Crippen LogP contribution < -0.4 is 0 Å². The highest BCUT2D eigenvalue weighted by atomic mass is 35.5. The van der Waals surface area contributed by atoms with Crippen LogP contribution in [0.3, 0.4) is 0 Å². The molecule has 2 aliphatic heterocycles. The molecule has 0 amide bonds. The number of rotatable bonds is 3. The Hall–Kier alpha value is -1.27. The fourth-order valence-electron chi connectivity index (χ4n) is 10.0. The van der Waals surface area contributed by atoms with Crippen molar-refractivity contribution in [1.82, 2.24) is 0 Å². The minimum atomic E-state index is -0.530. The number of halogens is 1. The van der Waals surface area contributed by atoms with Gasteiger partial charge in [0.15, 0.2) is 5.79 Å². The zero-order valence-electron chi connectivity index (χ0n) is 23.6. The highest BCUT2D eigenvalue weighted by Gasteiger charge is 2.69. The van der Waals surface area contributed by atoms with Crippen molar-refractivity contribution >= 4 is 17.6 Å². The van der Waals surface area contributed by atoms with E-state index in [0.29, 0.717) is 30.1 Å². The first-order valence-corrected chi connectivity index (χ1v) is 15.4. The molecule has 1 spiro atoms. The Morgan fingerprint density at radius 3 is 2.74 bits per heavy atom. The van der Waals surface area contributed by atoms with E-state index >= 15 is 0 Å². The number of azide groups is 1. The molecule has 0 aromatic rings. The summed E-state index contributed by atoms with van der Waals surface area (Å²) in [6.45, 7) is 11.9. The fraction of sp³-hybridized carbons (Fsp3) is 0.900. The summed E-state index contributed by atoms with van der Waals surface area (Å²) in [5.74, 6) is 1.62. The van der Waals surface area contributed by atoms with E-state index in [-0.39, 0.29) is 52.3 Å². The first-order chi connectivity index (χ1) is 18.1. The molecule has 13 atom stereocenters. The quantitative estimate of drug-likeness (QED) is 0.0937. The Balaban J connectivity index is 1.37. The molecule has 3 saturated carbocycles. The van der Waals surface area contributed by atoms with Crippen LogP contribution in [0.1, 0.15) is 86.0 Å². The van der Waals surface area contributed by atoms with Crippen molar-refractivity contribution in [2.75, 3.05) is 6.61 Å². The number of ether oxygens (including phenoxy) is 3. The van der Waals surface area contributed by atoms with E-state index in [2.05, 4.69) is 43.8 Å². The van der Waals surface area contributed by atoms with Crippen LogP contribution in [0.4, 0.5) is 0 Å². The van der Waals surface area contributed by atoms with E-state index in [0.717, 1.165) is 51.6 Å². The molecule has 2 heterocycles. The van der Waals surface area contributed by atoms with Crippen molar-refractivity contribution in [3.05, 3.63) is 22.1 Å². The predicted molar refractivity (Wildman–Crippen MR) is 145 cm³/mol. The van der Waals surface area contributed by atoms with Crippen molar-refractivity contribution in [3.8, 4) is 0 Å². The number of esters is 1. The van der Waals surface area contributed by atoms with Crippen molar-refractivity contribution in [3.63, 3.8) is 0 Å². The summed E-state index contributed by atoms with van der Waals surface area (Å²) in [7, 11) is 0. The van der Waals surface area contributed by atoms with Crippen LogP contribution in [0, 0.1) is 46.3 Å². The van der Waals surface area contributed by atoms with Crippen LogP contribution in [0.5, 0.6) is 0 Å². The smallest absolute Gasteiger partial charge is 0.305 e. The van der Waals surface area contributed by atoms with Gasteiger partial charge in [0.2, 0.25) is 0 Å². The Kier molecular flexibility index (Phi) is 6.66.